The molecule has 1 rings (SSSR count). The SMILES string of the molecule is CCOC(=O)C(=Cc1ccc(CC(C)(C(=O)OCC)C(=O)OCC)cc1)C(=O)OCC. The molecule has 0 unspecified atom stereocenters. The summed E-state index contributed by atoms with van der Waals surface area (Å²) in [7, 11) is 0. The lowest BCUT2D eigenvalue weighted by Crippen LogP contribution is -2.41. The minimum Gasteiger partial charge on any atom is -0.465 e. The third-order valence-corrected chi connectivity index (χ3v) is 4.29. The Bertz CT molecular complexity index is 769. The van der Waals surface area contributed by atoms with Gasteiger partial charge in [0.25, 0.3) is 0 Å². The molecular weight excluding hydrogens is 404 g/mol. The van der Waals surface area contributed by atoms with Gasteiger partial charge in [0.05, 0.1) is 26.4 Å². The molecule has 170 valence electrons. The number of carbonyl (C=O) groups excluding carboxylic acids is 4. The summed E-state index contributed by atoms with van der Waals surface area (Å²) in [5, 5.41) is 0. The van der Waals surface area contributed by atoms with Crippen LogP contribution in [-0.2, 0) is 44.5 Å². The van der Waals surface area contributed by atoms with E-state index in [1.54, 1.807) is 52.0 Å². The van der Waals surface area contributed by atoms with Crippen LogP contribution in [0.5, 0.6) is 0 Å². The van der Waals surface area contributed by atoms with Crippen molar-refractivity contribution in [2.24, 2.45) is 5.41 Å². The van der Waals surface area contributed by atoms with Crippen LogP contribution in [0.2, 0.25) is 0 Å². The zero-order chi connectivity index (χ0) is 23.4. The Balaban J connectivity index is 3.17. The Labute approximate surface area is 182 Å². The molecule has 0 aliphatic heterocycles. The number of hydrogen-bond acceptors (Lipinski definition) is 8. The highest BCUT2D eigenvalue weighted by Gasteiger charge is 2.44. The van der Waals surface area contributed by atoms with E-state index in [0.717, 1.165) is 0 Å². The van der Waals surface area contributed by atoms with Crippen molar-refractivity contribution in [1.82, 2.24) is 0 Å². The number of benzene rings is 1. The van der Waals surface area contributed by atoms with Gasteiger partial charge in [-0.1, -0.05) is 24.3 Å². The number of carbonyl (C=O) groups is 4. The van der Waals surface area contributed by atoms with Crippen LogP contribution < -0.4 is 0 Å². The minimum atomic E-state index is -1.50. The highest BCUT2D eigenvalue weighted by Crippen LogP contribution is 2.27. The van der Waals surface area contributed by atoms with Crippen LogP contribution in [0.15, 0.2) is 29.8 Å². The molecule has 8 heteroatoms. The zero-order valence-electron chi connectivity index (χ0n) is 18.7. The predicted octanol–water partition coefficient (Wildman–Crippen LogP) is 2.87. The van der Waals surface area contributed by atoms with E-state index in [4.69, 9.17) is 18.9 Å². The van der Waals surface area contributed by atoms with Crippen LogP contribution in [0.1, 0.15) is 45.7 Å². The summed E-state index contributed by atoms with van der Waals surface area (Å²) in [4.78, 5) is 49.1. The van der Waals surface area contributed by atoms with Crippen molar-refractivity contribution >= 4 is 30.0 Å². The summed E-state index contributed by atoms with van der Waals surface area (Å²) in [6.07, 6.45) is 1.44. The first-order valence-corrected chi connectivity index (χ1v) is 10.2. The molecule has 0 N–H and O–H groups in total. The standard InChI is InChI=1S/C23H30O8/c1-6-28-19(24)18(20(25)29-7-2)14-16-10-12-17(13-11-16)15-23(5,21(26)30-8-3)22(27)31-9-4/h10-14H,6-9,15H2,1-5H3. The van der Waals surface area contributed by atoms with E-state index in [1.807, 2.05) is 0 Å². The van der Waals surface area contributed by atoms with Gasteiger partial charge >= 0.3 is 23.9 Å². The van der Waals surface area contributed by atoms with Crippen molar-refractivity contribution in [3.63, 3.8) is 0 Å². The maximum Gasteiger partial charge on any atom is 0.345 e. The zero-order valence-corrected chi connectivity index (χ0v) is 18.7. The van der Waals surface area contributed by atoms with E-state index in [1.165, 1.54) is 13.0 Å². The van der Waals surface area contributed by atoms with E-state index >= 15 is 0 Å². The molecule has 0 saturated carbocycles. The molecule has 0 spiro atoms. The Hall–Kier alpha value is -3.16. The Morgan fingerprint density at radius 2 is 1.16 bits per heavy atom. The maximum absolute atomic E-state index is 12.4. The molecule has 0 heterocycles. The first kappa shape index (κ1) is 25.9. The lowest BCUT2D eigenvalue weighted by molar-refractivity contribution is -0.170. The lowest BCUT2D eigenvalue weighted by Gasteiger charge is -2.25. The van der Waals surface area contributed by atoms with Gasteiger partial charge < -0.3 is 18.9 Å². The summed E-state index contributed by atoms with van der Waals surface area (Å²) < 4.78 is 20.0. The fourth-order valence-corrected chi connectivity index (χ4v) is 2.73. The minimum absolute atomic E-state index is 0.0667. The smallest absolute Gasteiger partial charge is 0.345 e. The van der Waals surface area contributed by atoms with Crippen LogP contribution >= 0.6 is 0 Å². The van der Waals surface area contributed by atoms with E-state index in [0.29, 0.717) is 11.1 Å². The molecule has 0 fully saturated rings. The largest absolute Gasteiger partial charge is 0.465 e. The Kier molecular flexibility index (Phi) is 10.4. The molecule has 0 aliphatic rings. The van der Waals surface area contributed by atoms with Gasteiger partial charge in [-0.3, -0.25) is 9.59 Å². The molecular formula is C23H30O8. The van der Waals surface area contributed by atoms with Crippen molar-refractivity contribution in [1.29, 1.82) is 0 Å². The first-order chi connectivity index (χ1) is 14.7. The lowest BCUT2D eigenvalue weighted by atomic mass is 9.83. The average molecular weight is 434 g/mol. The van der Waals surface area contributed by atoms with Gasteiger partial charge in [-0.2, -0.15) is 0 Å². The van der Waals surface area contributed by atoms with Gasteiger partial charge in [0.1, 0.15) is 5.57 Å². The highest BCUT2D eigenvalue weighted by atomic mass is 16.6. The van der Waals surface area contributed by atoms with Gasteiger partial charge in [-0.05, 0) is 58.2 Å². The summed E-state index contributed by atoms with van der Waals surface area (Å²) >= 11 is 0. The highest BCUT2D eigenvalue weighted by molar-refractivity contribution is 6.17. The van der Waals surface area contributed by atoms with Crippen molar-refractivity contribution in [3.05, 3.63) is 41.0 Å². The molecule has 0 atom stereocenters. The van der Waals surface area contributed by atoms with E-state index < -0.39 is 29.3 Å². The molecule has 0 bridgehead atoms. The molecule has 0 radical (unpaired) electrons. The summed E-state index contributed by atoms with van der Waals surface area (Å²) in [6, 6.07) is 6.70. The third-order valence-electron chi connectivity index (χ3n) is 4.29. The van der Waals surface area contributed by atoms with Crippen LogP contribution in [0.3, 0.4) is 0 Å². The Morgan fingerprint density at radius 1 is 0.742 bits per heavy atom. The maximum atomic E-state index is 12.4. The van der Waals surface area contributed by atoms with Crippen LogP contribution in [0.4, 0.5) is 0 Å². The van der Waals surface area contributed by atoms with Crippen LogP contribution in [0, 0.1) is 5.41 Å². The average Bonchev–Trinajstić information content (AvgIpc) is 2.73. The van der Waals surface area contributed by atoms with Gasteiger partial charge in [0.2, 0.25) is 0 Å². The van der Waals surface area contributed by atoms with Gasteiger partial charge in [-0.15, -0.1) is 0 Å². The monoisotopic (exact) mass is 434 g/mol. The number of hydrogen-bond donors (Lipinski definition) is 0. The number of ether oxygens (including phenoxy) is 4. The second-order valence-corrected chi connectivity index (χ2v) is 6.69. The molecule has 0 aromatic heterocycles. The quantitative estimate of drug-likeness (QED) is 0.172. The summed E-state index contributed by atoms with van der Waals surface area (Å²) in [6.45, 7) is 8.61. The number of esters is 4. The third kappa shape index (κ3) is 7.24. The molecule has 1 aromatic rings. The number of rotatable bonds is 11. The fraction of sp³-hybridized carbons (Fsp3) is 0.478. The second-order valence-electron chi connectivity index (χ2n) is 6.69. The van der Waals surface area contributed by atoms with Crippen molar-refractivity contribution < 1.29 is 38.1 Å². The van der Waals surface area contributed by atoms with E-state index in [-0.39, 0.29) is 38.4 Å². The van der Waals surface area contributed by atoms with Crippen LogP contribution in [0.25, 0.3) is 6.08 Å². The molecule has 0 saturated heterocycles. The van der Waals surface area contributed by atoms with Crippen molar-refractivity contribution in [2.75, 3.05) is 26.4 Å². The molecule has 31 heavy (non-hydrogen) atoms. The van der Waals surface area contributed by atoms with E-state index in [9.17, 15) is 19.2 Å². The molecule has 0 amide bonds. The first-order valence-electron chi connectivity index (χ1n) is 10.2. The van der Waals surface area contributed by atoms with Gasteiger partial charge in [0, 0.05) is 0 Å². The normalized spacial score (nSPS) is 10.6. The van der Waals surface area contributed by atoms with Crippen LogP contribution in [-0.4, -0.2) is 50.3 Å². The Morgan fingerprint density at radius 3 is 1.55 bits per heavy atom. The molecule has 0 aliphatic carbocycles. The topological polar surface area (TPSA) is 105 Å². The van der Waals surface area contributed by atoms with Crippen molar-refractivity contribution in [2.45, 2.75) is 41.0 Å². The molecule has 1 aromatic carbocycles. The second kappa shape index (κ2) is 12.5. The van der Waals surface area contributed by atoms with Gasteiger partial charge in [0.15, 0.2) is 5.41 Å². The summed E-state index contributed by atoms with van der Waals surface area (Å²) in [5.41, 5.74) is -0.493. The van der Waals surface area contributed by atoms with E-state index in [2.05, 4.69) is 0 Å². The fourth-order valence-electron chi connectivity index (χ4n) is 2.73. The molecule has 8 nitrogen and oxygen atoms in total. The summed E-state index contributed by atoms with van der Waals surface area (Å²) in [5.74, 6) is -2.88. The van der Waals surface area contributed by atoms with Crippen molar-refractivity contribution in [3.8, 4) is 0 Å². The van der Waals surface area contributed by atoms with Gasteiger partial charge in [-0.25, -0.2) is 9.59 Å². The predicted molar refractivity (Wildman–Crippen MR) is 113 cm³/mol.